The second-order valence-corrected chi connectivity index (χ2v) is 5.25. The molecule has 0 unspecified atom stereocenters. The Kier molecular flexibility index (Phi) is 4.91. The van der Waals surface area contributed by atoms with Gasteiger partial charge in [-0.25, -0.2) is 4.39 Å². The molecule has 3 nitrogen and oxygen atoms in total. The van der Waals surface area contributed by atoms with Crippen molar-refractivity contribution in [1.82, 2.24) is 10.6 Å². The van der Waals surface area contributed by atoms with Crippen molar-refractivity contribution in [2.45, 2.75) is 26.2 Å². The van der Waals surface area contributed by atoms with Crippen molar-refractivity contribution >= 4 is 5.91 Å². The molecule has 19 heavy (non-hydrogen) atoms. The van der Waals surface area contributed by atoms with Crippen LogP contribution in [0.5, 0.6) is 0 Å². The van der Waals surface area contributed by atoms with Crippen LogP contribution in [0.3, 0.4) is 0 Å². The van der Waals surface area contributed by atoms with E-state index in [0.29, 0.717) is 13.1 Å². The van der Waals surface area contributed by atoms with Crippen molar-refractivity contribution in [1.29, 1.82) is 0 Å². The number of hydrogen-bond acceptors (Lipinski definition) is 2. The third-order valence-corrected chi connectivity index (χ3v) is 3.44. The van der Waals surface area contributed by atoms with Gasteiger partial charge in [0.15, 0.2) is 0 Å². The van der Waals surface area contributed by atoms with E-state index in [2.05, 4.69) is 10.6 Å². The van der Waals surface area contributed by atoms with Crippen molar-refractivity contribution in [3.05, 3.63) is 35.1 Å². The molecule has 0 heterocycles. The number of carbonyl (C=O) groups is 1. The van der Waals surface area contributed by atoms with Gasteiger partial charge >= 0.3 is 0 Å². The fourth-order valence-electron chi connectivity index (χ4n) is 2.05. The number of rotatable bonds is 7. The standard InChI is InChI=1S/C15H21FN2O/c1-11-8-14(16)5-4-13(11)6-7-18-15(19)10-17-9-12-2-3-12/h4-5,8,12,17H,2-3,6-7,9-10H2,1H3,(H,18,19). The Morgan fingerprint density at radius 2 is 2.21 bits per heavy atom. The number of amides is 1. The first kappa shape index (κ1) is 14.0. The van der Waals surface area contributed by atoms with Gasteiger partial charge in [0.2, 0.25) is 5.91 Å². The zero-order valence-corrected chi connectivity index (χ0v) is 11.3. The predicted molar refractivity (Wildman–Crippen MR) is 73.4 cm³/mol. The van der Waals surface area contributed by atoms with Crippen molar-refractivity contribution in [3.63, 3.8) is 0 Å². The first-order chi connectivity index (χ1) is 9.15. The molecule has 2 N–H and O–H groups in total. The summed E-state index contributed by atoms with van der Waals surface area (Å²) >= 11 is 0. The molecule has 0 bridgehead atoms. The van der Waals surface area contributed by atoms with Crippen LogP contribution in [0.2, 0.25) is 0 Å². The summed E-state index contributed by atoms with van der Waals surface area (Å²) in [6.45, 7) is 3.82. The van der Waals surface area contributed by atoms with Crippen LogP contribution in [-0.4, -0.2) is 25.5 Å². The third-order valence-electron chi connectivity index (χ3n) is 3.44. The summed E-state index contributed by atoms with van der Waals surface area (Å²) in [5.41, 5.74) is 2.01. The first-order valence-corrected chi connectivity index (χ1v) is 6.87. The topological polar surface area (TPSA) is 41.1 Å². The van der Waals surface area contributed by atoms with Gasteiger partial charge in [-0.2, -0.15) is 0 Å². The molecular formula is C15H21FN2O. The van der Waals surface area contributed by atoms with Gasteiger partial charge in [0.25, 0.3) is 0 Å². The SMILES string of the molecule is Cc1cc(F)ccc1CCNC(=O)CNCC1CC1. The van der Waals surface area contributed by atoms with Gasteiger partial charge in [-0.1, -0.05) is 6.07 Å². The summed E-state index contributed by atoms with van der Waals surface area (Å²) < 4.78 is 12.9. The maximum absolute atomic E-state index is 12.9. The highest BCUT2D eigenvalue weighted by molar-refractivity contribution is 5.77. The quantitative estimate of drug-likeness (QED) is 0.788. The highest BCUT2D eigenvalue weighted by Crippen LogP contribution is 2.27. The van der Waals surface area contributed by atoms with E-state index in [1.165, 1.54) is 25.0 Å². The third kappa shape index (κ3) is 4.99. The molecule has 1 aromatic rings. The minimum absolute atomic E-state index is 0.0282. The predicted octanol–water partition coefficient (Wildman–Crippen LogP) is 1.79. The van der Waals surface area contributed by atoms with E-state index in [4.69, 9.17) is 0 Å². The molecule has 1 saturated carbocycles. The molecule has 2 rings (SSSR count). The van der Waals surface area contributed by atoms with Crippen LogP contribution in [0.25, 0.3) is 0 Å². The van der Waals surface area contributed by atoms with Crippen molar-refractivity contribution < 1.29 is 9.18 Å². The molecule has 1 aliphatic carbocycles. The molecule has 0 radical (unpaired) electrons. The molecule has 0 aromatic heterocycles. The average Bonchev–Trinajstić information content (AvgIpc) is 3.16. The van der Waals surface area contributed by atoms with E-state index in [9.17, 15) is 9.18 Å². The van der Waals surface area contributed by atoms with Gasteiger partial charge in [0.1, 0.15) is 5.82 Å². The summed E-state index contributed by atoms with van der Waals surface area (Å²) in [4.78, 5) is 11.5. The lowest BCUT2D eigenvalue weighted by Gasteiger charge is -2.08. The van der Waals surface area contributed by atoms with Crippen LogP contribution in [0.1, 0.15) is 24.0 Å². The molecule has 1 amide bonds. The van der Waals surface area contributed by atoms with Crippen molar-refractivity contribution in [2.75, 3.05) is 19.6 Å². The van der Waals surface area contributed by atoms with Gasteiger partial charge in [-0.15, -0.1) is 0 Å². The maximum atomic E-state index is 12.9. The number of hydrogen-bond donors (Lipinski definition) is 2. The minimum Gasteiger partial charge on any atom is -0.355 e. The van der Waals surface area contributed by atoms with Crippen LogP contribution in [-0.2, 0) is 11.2 Å². The number of nitrogens with one attached hydrogen (secondary N) is 2. The zero-order valence-electron chi connectivity index (χ0n) is 11.3. The Morgan fingerprint density at radius 3 is 2.89 bits per heavy atom. The number of benzene rings is 1. The fraction of sp³-hybridized carbons (Fsp3) is 0.533. The van der Waals surface area contributed by atoms with E-state index in [-0.39, 0.29) is 11.7 Å². The molecule has 1 aromatic carbocycles. The Hall–Kier alpha value is -1.42. The van der Waals surface area contributed by atoms with Crippen LogP contribution < -0.4 is 10.6 Å². The van der Waals surface area contributed by atoms with Crippen molar-refractivity contribution in [2.24, 2.45) is 5.92 Å². The molecule has 1 aliphatic rings. The Morgan fingerprint density at radius 1 is 1.42 bits per heavy atom. The monoisotopic (exact) mass is 264 g/mol. The average molecular weight is 264 g/mol. The van der Waals surface area contributed by atoms with E-state index in [0.717, 1.165) is 30.0 Å². The molecule has 0 atom stereocenters. The summed E-state index contributed by atoms with van der Waals surface area (Å²) in [5.74, 6) is 0.602. The van der Waals surface area contributed by atoms with Crippen LogP contribution in [0, 0.1) is 18.7 Å². The number of aryl methyl sites for hydroxylation is 1. The smallest absolute Gasteiger partial charge is 0.233 e. The highest BCUT2D eigenvalue weighted by atomic mass is 19.1. The number of carbonyl (C=O) groups excluding carboxylic acids is 1. The lowest BCUT2D eigenvalue weighted by molar-refractivity contribution is -0.120. The minimum atomic E-state index is -0.213. The molecule has 0 spiro atoms. The Bertz CT molecular complexity index is 444. The van der Waals surface area contributed by atoms with E-state index in [1.807, 2.05) is 6.92 Å². The largest absolute Gasteiger partial charge is 0.355 e. The molecule has 104 valence electrons. The van der Waals surface area contributed by atoms with E-state index >= 15 is 0 Å². The number of halogens is 1. The summed E-state index contributed by atoms with van der Waals surface area (Å²) in [5, 5.41) is 6.02. The molecule has 1 fully saturated rings. The Balaban J connectivity index is 1.63. The fourth-order valence-corrected chi connectivity index (χ4v) is 2.05. The lowest BCUT2D eigenvalue weighted by Crippen LogP contribution is -2.35. The normalized spacial score (nSPS) is 14.4. The van der Waals surface area contributed by atoms with Crippen LogP contribution in [0.15, 0.2) is 18.2 Å². The summed E-state index contributed by atoms with van der Waals surface area (Å²) in [7, 11) is 0. The zero-order chi connectivity index (χ0) is 13.7. The van der Waals surface area contributed by atoms with E-state index < -0.39 is 0 Å². The second kappa shape index (κ2) is 6.66. The van der Waals surface area contributed by atoms with Crippen LogP contribution >= 0.6 is 0 Å². The highest BCUT2D eigenvalue weighted by Gasteiger charge is 2.20. The molecule has 0 aliphatic heterocycles. The van der Waals surface area contributed by atoms with Gasteiger partial charge in [0.05, 0.1) is 6.54 Å². The first-order valence-electron chi connectivity index (χ1n) is 6.87. The second-order valence-electron chi connectivity index (χ2n) is 5.25. The molecular weight excluding hydrogens is 243 g/mol. The maximum Gasteiger partial charge on any atom is 0.233 e. The summed E-state index contributed by atoms with van der Waals surface area (Å²) in [6.07, 6.45) is 3.32. The van der Waals surface area contributed by atoms with E-state index in [1.54, 1.807) is 6.07 Å². The van der Waals surface area contributed by atoms with Gasteiger partial charge in [0, 0.05) is 6.54 Å². The summed E-state index contributed by atoms with van der Waals surface area (Å²) in [6, 6.07) is 4.76. The van der Waals surface area contributed by atoms with Gasteiger partial charge in [-0.3, -0.25) is 4.79 Å². The van der Waals surface area contributed by atoms with Crippen LogP contribution in [0.4, 0.5) is 4.39 Å². The lowest BCUT2D eigenvalue weighted by atomic mass is 10.1. The molecule has 0 saturated heterocycles. The Labute approximate surface area is 113 Å². The molecule has 4 heteroatoms. The van der Waals surface area contributed by atoms with Gasteiger partial charge in [-0.05, 0) is 61.9 Å². The van der Waals surface area contributed by atoms with Gasteiger partial charge < -0.3 is 10.6 Å². The van der Waals surface area contributed by atoms with Crippen molar-refractivity contribution in [3.8, 4) is 0 Å².